The average molecular weight is 474 g/mol. The van der Waals surface area contributed by atoms with E-state index < -0.39 is 23.1 Å². The topological polar surface area (TPSA) is 125 Å². The molecule has 4 N–H and O–H groups in total. The number of carbonyl (C=O) groups is 2. The van der Waals surface area contributed by atoms with Crippen molar-refractivity contribution in [3.05, 3.63) is 58.6 Å². The van der Waals surface area contributed by atoms with Crippen LogP contribution in [0.2, 0.25) is 10.0 Å². The fraction of sp³-hybridized carbons (Fsp3) is 0.300. The highest BCUT2D eigenvalue weighted by molar-refractivity contribution is 6.30. The molecule has 0 bridgehead atoms. The Morgan fingerprint density at radius 3 is 1.13 bits per heavy atom. The van der Waals surface area contributed by atoms with Crippen LogP contribution in [0.25, 0.3) is 0 Å². The number of carboxylic acids is 2. The van der Waals surface area contributed by atoms with Gasteiger partial charge in [0.1, 0.15) is 11.5 Å². The summed E-state index contributed by atoms with van der Waals surface area (Å²) in [6, 6.07) is 13.1. The highest BCUT2D eigenvalue weighted by Gasteiger charge is 2.29. The zero-order valence-corrected chi connectivity index (χ0v) is 19.6. The summed E-state index contributed by atoms with van der Waals surface area (Å²) in [4.78, 5) is 21.5. The van der Waals surface area contributed by atoms with Gasteiger partial charge in [0.2, 0.25) is 0 Å². The Kier molecular flexibility index (Phi) is 12.8. The van der Waals surface area contributed by atoms with Crippen LogP contribution >= 0.6 is 23.2 Å². The van der Waals surface area contributed by atoms with Crippen LogP contribution in [0, 0.1) is 0 Å². The first-order chi connectivity index (χ1) is 12.8. The lowest BCUT2D eigenvalue weighted by molar-refractivity contribution is -0.152. The molecule has 2 aromatic carbocycles. The van der Waals surface area contributed by atoms with E-state index in [2.05, 4.69) is 0 Å². The van der Waals surface area contributed by atoms with Crippen molar-refractivity contribution < 1.29 is 34.8 Å². The van der Waals surface area contributed by atoms with E-state index >= 15 is 0 Å². The Morgan fingerprint density at radius 1 is 0.700 bits per heavy atom. The molecule has 10 heteroatoms. The minimum atomic E-state index is -1.23. The molecule has 0 aliphatic rings. The molecule has 0 aliphatic carbocycles. The van der Waals surface area contributed by atoms with Crippen molar-refractivity contribution in [3.8, 4) is 11.5 Å². The zero-order valence-electron chi connectivity index (χ0n) is 17.0. The second-order valence-corrected chi connectivity index (χ2v) is 7.62. The first kappa shape index (κ1) is 30.2. The van der Waals surface area contributed by atoms with Gasteiger partial charge in [-0.15, -0.1) is 0 Å². The Morgan fingerprint density at radius 2 is 0.933 bits per heavy atom. The van der Waals surface area contributed by atoms with Gasteiger partial charge in [-0.3, -0.25) is 0 Å². The SMILES string of the molecule is CC(C)(Oc1ccc(Cl)cc1)C(=O)O.CC(C)(Oc1ccc(Cl)cc1)C(=O)O.O.[Al]. The summed E-state index contributed by atoms with van der Waals surface area (Å²) in [5, 5.41) is 18.8. The van der Waals surface area contributed by atoms with Crippen molar-refractivity contribution in [1.82, 2.24) is 0 Å². The average Bonchev–Trinajstić information content (AvgIpc) is 2.59. The predicted octanol–water partition coefficient (Wildman–Crippen LogP) is 3.96. The predicted molar refractivity (Wildman–Crippen MR) is 117 cm³/mol. The molecule has 7 nitrogen and oxygen atoms in total. The molecule has 0 unspecified atom stereocenters. The van der Waals surface area contributed by atoms with Gasteiger partial charge < -0.3 is 25.2 Å². The number of hydrogen-bond donors (Lipinski definition) is 2. The van der Waals surface area contributed by atoms with Crippen LogP contribution in [0.5, 0.6) is 11.5 Å². The molecule has 2 aromatic rings. The van der Waals surface area contributed by atoms with E-state index in [4.69, 9.17) is 42.9 Å². The molecule has 2 rings (SSSR count). The Bertz CT molecular complexity index is 737. The summed E-state index contributed by atoms with van der Waals surface area (Å²) >= 11 is 11.3. The monoisotopic (exact) mass is 473 g/mol. The molecular weight excluding hydrogens is 450 g/mol. The third kappa shape index (κ3) is 10.2. The van der Waals surface area contributed by atoms with Crippen LogP contribution in [0.3, 0.4) is 0 Å². The van der Waals surface area contributed by atoms with Gasteiger partial charge in [0, 0.05) is 27.4 Å². The van der Waals surface area contributed by atoms with Gasteiger partial charge in [0.05, 0.1) is 0 Å². The molecule has 0 saturated carbocycles. The molecule has 0 atom stereocenters. The van der Waals surface area contributed by atoms with Gasteiger partial charge in [0.15, 0.2) is 11.2 Å². The second-order valence-electron chi connectivity index (χ2n) is 6.74. The summed E-state index contributed by atoms with van der Waals surface area (Å²) in [6.45, 7) is 5.96. The van der Waals surface area contributed by atoms with Crippen molar-refractivity contribution in [3.63, 3.8) is 0 Å². The van der Waals surface area contributed by atoms with Crippen LogP contribution in [0.15, 0.2) is 48.5 Å². The van der Waals surface area contributed by atoms with Crippen LogP contribution in [-0.4, -0.2) is 56.2 Å². The summed E-state index contributed by atoms with van der Waals surface area (Å²) in [6.07, 6.45) is 0. The summed E-state index contributed by atoms with van der Waals surface area (Å²) in [5.41, 5.74) is -2.46. The number of ether oxygens (including phenoxy) is 2. The van der Waals surface area contributed by atoms with Gasteiger partial charge in [0.25, 0.3) is 0 Å². The number of halogens is 2. The Hall–Kier alpha value is -1.95. The summed E-state index contributed by atoms with van der Waals surface area (Å²) in [7, 11) is 0. The van der Waals surface area contributed by atoms with Gasteiger partial charge >= 0.3 is 11.9 Å². The van der Waals surface area contributed by atoms with E-state index in [0.29, 0.717) is 21.5 Å². The highest BCUT2D eigenvalue weighted by Crippen LogP contribution is 2.21. The van der Waals surface area contributed by atoms with E-state index in [-0.39, 0.29) is 22.8 Å². The number of benzene rings is 2. The molecule has 0 aromatic heterocycles. The van der Waals surface area contributed by atoms with Crippen molar-refractivity contribution in [2.75, 3.05) is 0 Å². The standard InChI is InChI=1S/2C10H11ClO3.Al.H2O/c2*1-10(2,9(12)13)14-8-5-3-7(11)4-6-8;;/h2*3-6H,1-2H3,(H,12,13);;1H2. The van der Waals surface area contributed by atoms with Crippen LogP contribution < -0.4 is 9.47 Å². The first-order valence-electron chi connectivity index (χ1n) is 8.19. The maximum absolute atomic E-state index is 10.7. The first-order valence-corrected chi connectivity index (χ1v) is 8.95. The quantitative estimate of drug-likeness (QED) is 0.611. The van der Waals surface area contributed by atoms with Crippen molar-refractivity contribution in [2.45, 2.75) is 38.9 Å². The largest absolute Gasteiger partial charge is 0.478 e. The summed E-state index contributed by atoms with van der Waals surface area (Å²) < 4.78 is 10.5. The second kappa shape index (κ2) is 12.7. The van der Waals surface area contributed by atoms with Crippen LogP contribution in [-0.2, 0) is 9.59 Å². The lowest BCUT2D eigenvalue weighted by atomic mass is 10.1. The highest BCUT2D eigenvalue weighted by atomic mass is 35.5. The lowest BCUT2D eigenvalue weighted by Crippen LogP contribution is -2.37. The third-order valence-electron chi connectivity index (χ3n) is 3.40. The van der Waals surface area contributed by atoms with E-state index in [1.54, 1.807) is 48.5 Å². The molecule has 0 amide bonds. The van der Waals surface area contributed by atoms with Crippen LogP contribution in [0.4, 0.5) is 0 Å². The Labute approximate surface area is 196 Å². The maximum Gasteiger partial charge on any atom is 0.347 e. The van der Waals surface area contributed by atoms with E-state index in [9.17, 15) is 9.59 Å². The van der Waals surface area contributed by atoms with E-state index in [0.717, 1.165) is 0 Å². The van der Waals surface area contributed by atoms with Crippen molar-refractivity contribution >= 4 is 52.5 Å². The summed E-state index contributed by atoms with van der Waals surface area (Å²) in [5.74, 6) is -1.04. The van der Waals surface area contributed by atoms with Gasteiger partial charge in [-0.1, -0.05) is 23.2 Å². The third-order valence-corrected chi connectivity index (χ3v) is 3.91. The van der Waals surface area contributed by atoms with Crippen molar-refractivity contribution in [2.24, 2.45) is 0 Å². The molecular formula is C20H24AlCl2O7. The Balaban J connectivity index is 0. The number of rotatable bonds is 6. The zero-order chi connectivity index (χ0) is 21.5. The molecule has 0 saturated heterocycles. The minimum absolute atomic E-state index is 0. The number of hydrogen-bond acceptors (Lipinski definition) is 4. The lowest BCUT2D eigenvalue weighted by Gasteiger charge is -2.21. The smallest absolute Gasteiger partial charge is 0.347 e. The van der Waals surface area contributed by atoms with Crippen molar-refractivity contribution in [1.29, 1.82) is 0 Å². The molecule has 0 fully saturated rings. The van der Waals surface area contributed by atoms with Gasteiger partial charge in [-0.2, -0.15) is 0 Å². The molecule has 0 spiro atoms. The molecule has 0 aliphatic heterocycles. The molecule has 0 heterocycles. The molecule has 30 heavy (non-hydrogen) atoms. The molecule has 3 radical (unpaired) electrons. The minimum Gasteiger partial charge on any atom is -0.478 e. The normalized spacial score (nSPS) is 10.3. The number of carboxylic acid groups (broad SMARTS) is 2. The fourth-order valence-corrected chi connectivity index (χ4v) is 1.93. The van der Waals surface area contributed by atoms with Gasteiger partial charge in [-0.05, 0) is 76.2 Å². The van der Waals surface area contributed by atoms with E-state index in [1.165, 1.54) is 27.7 Å². The maximum atomic E-state index is 10.7. The van der Waals surface area contributed by atoms with E-state index in [1.807, 2.05) is 0 Å². The van der Waals surface area contributed by atoms with Crippen LogP contribution in [0.1, 0.15) is 27.7 Å². The fourth-order valence-electron chi connectivity index (χ4n) is 1.68. The van der Waals surface area contributed by atoms with Gasteiger partial charge in [-0.25, -0.2) is 9.59 Å². The number of aliphatic carboxylic acids is 2. The molecule has 163 valence electrons.